The minimum absolute atomic E-state index is 0.253. The van der Waals surface area contributed by atoms with Gasteiger partial charge in [0, 0.05) is 13.0 Å². The van der Waals surface area contributed by atoms with E-state index < -0.39 is 13.0 Å². The zero-order chi connectivity index (χ0) is 10.4. The zero-order valence-electron chi connectivity index (χ0n) is 7.99. The van der Waals surface area contributed by atoms with E-state index in [2.05, 4.69) is 10.2 Å². The van der Waals surface area contributed by atoms with Gasteiger partial charge in [-0.05, 0) is 6.92 Å². The van der Waals surface area contributed by atoms with Gasteiger partial charge < -0.3 is 9.30 Å². The number of rotatable bonds is 6. The van der Waals surface area contributed by atoms with Crippen LogP contribution in [0, 0.1) is 0 Å². The van der Waals surface area contributed by atoms with Crippen LogP contribution < -0.4 is 0 Å². The maximum absolute atomic E-state index is 11.7. The topological polar surface area (TPSA) is 39.9 Å². The van der Waals surface area contributed by atoms with E-state index in [0.29, 0.717) is 6.42 Å². The fraction of sp³-hybridized carbons (Fsp3) is 0.750. The molecule has 0 spiro atoms. The molecule has 0 fully saturated rings. The predicted octanol–water partition coefficient (Wildman–Crippen LogP) is 1.12. The van der Waals surface area contributed by atoms with Gasteiger partial charge in [0.1, 0.15) is 18.8 Å². The number of aryl methyl sites for hydroxylation is 1. The second kappa shape index (κ2) is 5.64. The molecule has 1 aromatic heterocycles. The number of aromatic nitrogens is 3. The summed E-state index contributed by atoms with van der Waals surface area (Å²) in [5, 5.41) is 7.57. The fourth-order valence-electron chi connectivity index (χ4n) is 1.07. The van der Waals surface area contributed by atoms with Crippen LogP contribution in [0.25, 0.3) is 0 Å². The van der Waals surface area contributed by atoms with Crippen LogP contribution in [-0.2, 0) is 17.7 Å². The average Bonchev–Trinajstić information content (AvgIpc) is 2.59. The van der Waals surface area contributed by atoms with Crippen molar-refractivity contribution in [3.05, 3.63) is 12.2 Å². The Labute approximate surface area is 80.9 Å². The highest BCUT2D eigenvalue weighted by Crippen LogP contribution is 1.98. The highest BCUT2D eigenvalue weighted by molar-refractivity contribution is 4.85. The van der Waals surface area contributed by atoms with E-state index in [9.17, 15) is 8.78 Å². The molecule has 0 N–H and O–H groups in total. The lowest BCUT2D eigenvalue weighted by atomic mass is 10.4. The number of halogens is 2. The molecule has 1 rings (SSSR count). The van der Waals surface area contributed by atoms with Crippen molar-refractivity contribution < 1.29 is 13.5 Å². The molecule has 0 unspecified atom stereocenters. The smallest absolute Gasteiger partial charge is 0.261 e. The average molecular weight is 205 g/mol. The van der Waals surface area contributed by atoms with Gasteiger partial charge in [-0.15, -0.1) is 10.2 Å². The first-order valence-electron chi connectivity index (χ1n) is 4.46. The Morgan fingerprint density at radius 2 is 2.36 bits per heavy atom. The lowest BCUT2D eigenvalue weighted by Gasteiger charge is -2.04. The maximum Gasteiger partial charge on any atom is 0.261 e. The molecule has 0 amide bonds. The van der Waals surface area contributed by atoms with Crippen LogP contribution >= 0.6 is 0 Å². The number of hydrogen-bond donors (Lipinski definition) is 0. The highest BCUT2D eigenvalue weighted by Gasteiger charge is 2.04. The van der Waals surface area contributed by atoms with Gasteiger partial charge in [0.2, 0.25) is 0 Å². The molecule has 0 radical (unpaired) electrons. The third-order valence-corrected chi connectivity index (χ3v) is 1.75. The first-order chi connectivity index (χ1) is 6.74. The molecular formula is C8H13F2N3O. The Balaban J connectivity index is 2.24. The molecule has 0 aliphatic heterocycles. The van der Waals surface area contributed by atoms with Gasteiger partial charge in [-0.2, -0.15) is 0 Å². The molecule has 1 aromatic rings. The molecule has 0 aromatic carbocycles. The van der Waals surface area contributed by atoms with E-state index in [4.69, 9.17) is 4.74 Å². The van der Waals surface area contributed by atoms with E-state index >= 15 is 0 Å². The van der Waals surface area contributed by atoms with Gasteiger partial charge in [-0.25, -0.2) is 8.78 Å². The van der Waals surface area contributed by atoms with Crippen molar-refractivity contribution in [2.24, 2.45) is 0 Å². The normalized spacial score (nSPS) is 11.1. The molecule has 0 saturated carbocycles. The van der Waals surface area contributed by atoms with E-state index in [-0.39, 0.29) is 6.61 Å². The predicted molar refractivity (Wildman–Crippen MR) is 46.2 cm³/mol. The van der Waals surface area contributed by atoms with Gasteiger partial charge in [0.15, 0.2) is 0 Å². The quantitative estimate of drug-likeness (QED) is 0.653. The summed E-state index contributed by atoms with van der Waals surface area (Å²) in [6.07, 6.45) is -0.276. The molecule has 0 saturated heterocycles. The molecule has 0 atom stereocenters. The maximum atomic E-state index is 11.7. The van der Waals surface area contributed by atoms with Gasteiger partial charge in [0.25, 0.3) is 6.43 Å². The van der Waals surface area contributed by atoms with Crippen molar-refractivity contribution in [3.63, 3.8) is 0 Å². The Morgan fingerprint density at radius 3 is 3.00 bits per heavy atom. The third kappa shape index (κ3) is 3.37. The molecule has 4 nitrogen and oxygen atoms in total. The Bertz CT molecular complexity index is 265. The van der Waals surface area contributed by atoms with E-state index in [0.717, 1.165) is 12.4 Å². The van der Waals surface area contributed by atoms with Crippen LogP contribution in [0.2, 0.25) is 0 Å². The van der Waals surface area contributed by atoms with Crippen LogP contribution in [0.1, 0.15) is 12.7 Å². The summed E-state index contributed by atoms with van der Waals surface area (Å²) in [5.74, 6) is 0.766. The second-order valence-corrected chi connectivity index (χ2v) is 2.75. The molecule has 0 aliphatic carbocycles. The van der Waals surface area contributed by atoms with E-state index in [1.165, 1.54) is 0 Å². The summed E-state index contributed by atoms with van der Waals surface area (Å²) < 4.78 is 30.0. The fourth-order valence-corrected chi connectivity index (χ4v) is 1.07. The minimum Gasteiger partial charge on any atom is -0.375 e. The van der Waals surface area contributed by atoms with Crippen molar-refractivity contribution in [1.29, 1.82) is 0 Å². The summed E-state index contributed by atoms with van der Waals surface area (Å²) in [4.78, 5) is 0. The summed E-state index contributed by atoms with van der Waals surface area (Å²) in [6, 6.07) is 0. The van der Waals surface area contributed by atoms with Gasteiger partial charge >= 0.3 is 0 Å². The van der Waals surface area contributed by atoms with Crippen molar-refractivity contribution in [2.45, 2.75) is 26.3 Å². The summed E-state index contributed by atoms with van der Waals surface area (Å²) in [7, 11) is 0. The van der Waals surface area contributed by atoms with Crippen LogP contribution in [0.15, 0.2) is 6.33 Å². The SMILES string of the molecule is CCn1cnnc1CCOCC(F)F. The van der Waals surface area contributed by atoms with Crippen molar-refractivity contribution in [2.75, 3.05) is 13.2 Å². The standard InChI is InChI=1S/C8H13F2N3O/c1-2-13-6-11-12-8(13)3-4-14-5-7(9)10/h6-7H,2-5H2,1H3. The van der Waals surface area contributed by atoms with Crippen molar-refractivity contribution in [3.8, 4) is 0 Å². The van der Waals surface area contributed by atoms with Crippen LogP contribution in [-0.4, -0.2) is 34.4 Å². The number of hydrogen-bond acceptors (Lipinski definition) is 3. The molecular weight excluding hydrogens is 192 g/mol. The summed E-state index contributed by atoms with van der Waals surface area (Å²) in [6.45, 7) is 2.48. The zero-order valence-corrected chi connectivity index (χ0v) is 7.99. The lowest BCUT2D eigenvalue weighted by molar-refractivity contribution is 0.0181. The molecule has 14 heavy (non-hydrogen) atoms. The first kappa shape index (κ1) is 11.0. The second-order valence-electron chi connectivity index (χ2n) is 2.75. The number of alkyl halides is 2. The van der Waals surface area contributed by atoms with E-state index in [1.54, 1.807) is 6.33 Å². The monoisotopic (exact) mass is 205 g/mol. The summed E-state index contributed by atoms with van der Waals surface area (Å²) >= 11 is 0. The Kier molecular flexibility index (Phi) is 4.45. The van der Waals surface area contributed by atoms with Gasteiger partial charge in [-0.1, -0.05) is 0 Å². The van der Waals surface area contributed by atoms with Crippen molar-refractivity contribution in [1.82, 2.24) is 14.8 Å². The van der Waals surface area contributed by atoms with Crippen molar-refractivity contribution >= 4 is 0 Å². The molecule has 6 heteroatoms. The molecule has 1 heterocycles. The van der Waals surface area contributed by atoms with Crippen LogP contribution in [0.3, 0.4) is 0 Å². The van der Waals surface area contributed by atoms with Crippen LogP contribution in [0.4, 0.5) is 8.78 Å². The Morgan fingerprint density at radius 1 is 1.57 bits per heavy atom. The highest BCUT2D eigenvalue weighted by atomic mass is 19.3. The minimum atomic E-state index is -2.40. The lowest BCUT2D eigenvalue weighted by Crippen LogP contribution is -2.10. The molecule has 0 aliphatic rings. The first-order valence-corrected chi connectivity index (χ1v) is 4.46. The summed E-state index contributed by atoms with van der Waals surface area (Å²) in [5.41, 5.74) is 0. The number of nitrogens with zero attached hydrogens (tertiary/aromatic N) is 3. The number of ether oxygens (including phenoxy) is 1. The van der Waals surface area contributed by atoms with Gasteiger partial charge in [-0.3, -0.25) is 0 Å². The van der Waals surface area contributed by atoms with E-state index in [1.807, 2.05) is 11.5 Å². The largest absolute Gasteiger partial charge is 0.375 e. The third-order valence-electron chi connectivity index (χ3n) is 1.75. The Hall–Kier alpha value is -1.04. The molecule has 80 valence electrons. The van der Waals surface area contributed by atoms with Gasteiger partial charge in [0.05, 0.1) is 6.61 Å². The van der Waals surface area contributed by atoms with Crippen LogP contribution in [0.5, 0.6) is 0 Å². The molecule has 0 bridgehead atoms.